The highest BCUT2D eigenvalue weighted by molar-refractivity contribution is 8.00. The van der Waals surface area contributed by atoms with Crippen molar-refractivity contribution in [3.63, 3.8) is 0 Å². The molecule has 8 nitrogen and oxygen atoms in total. The summed E-state index contributed by atoms with van der Waals surface area (Å²) in [6.07, 6.45) is 4.90. The molecule has 0 aliphatic heterocycles. The Morgan fingerprint density at radius 3 is 1.96 bits per heavy atom. The molecule has 46 heavy (non-hydrogen) atoms. The Balaban J connectivity index is 1.33. The first-order chi connectivity index (χ1) is 22.4. The van der Waals surface area contributed by atoms with E-state index in [0.29, 0.717) is 16.9 Å². The number of carbonyl (C=O) groups excluding carboxylic acids is 3. The van der Waals surface area contributed by atoms with E-state index < -0.39 is 17.1 Å². The molecule has 1 unspecified atom stereocenters. The number of pyridine rings is 1. The fourth-order valence-electron chi connectivity index (χ4n) is 4.47. The summed E-state index contributed by atoms with van der Waals surface area (Å²) in [5.41, 5.74) is 4.37. The van der Waals surface area contributed by atoms with Crippen molar-refractivity contribution in [2.75, 3.05) is 29.6 Å². The number of thioether (sulfide) groups is 1. The minimum Gasteiger partial charge on any atom is -0.378 e. The van der Waals surface area contributed by atoms with Crippen molar-refractivity contribution < 1.29 is 14.4 Å². The minimum absolute atomic E-state index is 0.0989. The number of anilines is 3. The highest BCUT2D eigenvalue weighted by Crippen LogP contribution is 2.36. The molecule has 1 aromatic heterocycles. The van der Waals surface area contributed by atoms with Gasteiger partial charge >= 0.3 is 0 Å². The van der Waals surface area contributed by atoms with E-state index in [1.807, 2.05) is 91.8 Å². The van der Waals surface area contributed by atoms with Crippen LogP contribution in [0.15, 0.2) is 144 Å². The molecule has 0 aliphatic carbocycles. The number of rotatable bonds is 11. The van der Waals surface area contributed by atoms with E-state index in [9.17, 15) is 14.4 Å². The summed E-state index contributed by atoms with van der Waals surface area (Å²) in [7, 11) is 3.90. The molecule has 5 rings (SSSR count). The molecule has 0 spiro atoms. The number of nitrogens with one attached hydrogen (secondary N) is 3. The average molecular weight is 628 g/mol. The maximum atomic E-state index is 13.5. The number of aromatic nitrogens is 1. The summed E-state index contributed by atoms with van der Waals surface area (Å²) in [5.74, 6) is -1.03. The fourth-order valence-corrected chi connectivity index (χ4v) is 5.50. The molecule has 1 heterocycles. The quantitative estimate of drug-likeness (QED) is 0.107. The maximum Gasteiger partial charge on any atom is 0.272 e. The lowest BCUT2D eigenvalue weighted by Gasteiger charge is -2.17. The van der Waals surface area contributed by atoms with E-state index in [0.717, 1.165) is 21.7 Å². The largest absolute Gasteiger partial charge is 0.378 e. The smallest absolute Gasteiger partial charge is 0.272 e. The lowest BCUT2D eigenvalue weighted by molar-refractivity contribution is -0.116. The highest BCUT2D eigenvalue weighted by Gasteiger charge is 2.22. The van der Waals surface area contributed by atoms with E-state index >= 15 is 0 Å². The van der Waals surface area contributed by atoms with Crippen LogP contribution in [0.2, 0.25) is 0 Å². The molecular formula is C37H33N5O3S. The third-order valence-electron chi connectivity index (χ3n) is 6.90. The Labute approximate surface area is 272 Å². The normalized spacial score (nSPS) is 11.7. The first-order valence-electron chi connectivity index (χ1n) is 14.5. The summed E-state index contributed by atoms with van der Waals surface area (Å²) in [6.45, 7) is 0. The minimum atomic E-state index is -0.517. The number of hydrogen-bond acceptors (Lipinski definition) is 6. The summed E-state index contributed by atoms with van der Waals surface area (Å²) < 4.78 is 0. The van der Waals surface area contributed by atoms with Crippen molar-refractivity contribution in [3.05, 3.63) is 156 Å². The topological polar surface area (TPSA) is 103 Å². The number of benzene rings is 4. The van der Waals surface area contributed by atoms with E-state index in [1.54, 1.807) is 67.0 Å². The summed E-state index contributed by atoms with van der Waals surface area (Å²) in [6, 6.07) is 36.7. The van der Waals surface area contributed by atoms with Crippen LogP contribution in [0.25, 0.3) is 6.08 Å². The Morgan fingerprint density at radius 2 is 1.33 bits per heavy atom. The standard InChI is InChI=1S/C37H33N5O3S/c1-42(2)31-17-13-26(14-18-31)25-33(41-35(43)28-11-7-4-8-12-28)36(44)39-29-15-19-32(20-16-29)46-34(27-9-5-3-6-10-27)37(45)40-30-21-23-38-24-22-30/h3-25,34H,1-2H3,(H,39,44)(H,41,43)(H,38,40,45)/b33-25-. The first-order valence-corrected chi connectivity index (χ1v) is 15.4. The molecule has 230 valence electrons. The van der Waals surface area contributed by atoms with Gasteiger partial charge in [0.1, 0.15) is 10.9 Å². The van der Waals surface area contributed by atoms with Gasteiger partial charge in [-0.2, -0.15) is 0 Å². The van der Waals surface area contributed by atoms with Crippen LogP contribution >= 0.6 is 11.8 Å². The van der Waals surface area contributed by atoms with E-state index in [4.69, 9.17) is 0 Å². The predicted octanol–water partition coefficient (Wildman–Crippen LogP) is 7.03. The number of nitrogens with zero attached hydrogens (tertiary/aromatic N) is 2. The van der Waals surface area contributed by atoms with Gasteiger partial charge < -0.3 is 20.9 Å². The lowest BCUT2D eigenvalue weighted by atomic mass is 10.1. The molecule has 5 aromatic rings. The van der Waals surface area contributed by atoms with Crippen LogP contribution in [0.5, 0.6) is 0 Å². The molecule has 3 amide bonds. The van der Waals surface area contributed by atoms with Gasteiger partial charge in [-0.25, -0.2) is 0 Å². The van der Waals surface area contributed by atoms with Crippen molar-refractivity contribution in [2.24, 2.45) is 0 Å². The molecule has 0 fully saturated rings. The van der Waals surface area contributed by atoms with Crippen LogP contribution in [0.3, 0.4) is 0 Å². The van der Waals surface area contributed by atoms with Gasteiger partial charge in [0.2, 0.25) is 5.91 Å². The van der Waals surface area contributed by atoms with Crippen LogP contribution < -0.4 is 20.9 Å². The molecular weight excluding hydrogens is 595 g/mol. The van der Waals surface area contributed by atoms with Crippen molar-refractivity contribution >= 4 is 52.6 Å². The zero-order chi connectivity index (χ0) is 32.3. The van der Waals surface area contributed by atoms with E-state index in [-0.39, 0.29) is 11.6 Å². The Hall–Kier alpha value is -5.67. The summed E-state index contributed by atoms with van der Waals surface area (Å²) in [5, 5.41) is 8.12. The average Bonchev–Trinajstić information content (AvgIpc) is 3.09. The molecule has 3 N–H and O–H groups in total. The summed E-state index contributed by atoms with van der Waals surface area (Å²) in [4.78, 5) is 46.7. The Kier molecular flexibility index (Phi) is 10.6. The second-order valence-corrected chi connectivity index (χ2v) is 11.7. The second kappa shape index (κ2) is 15.4. The molecule has 0 saturated carbocycles. The lowest BCUT2D eigenvalue weighted by Crippen LogP contribution is -2.30. The van der Waals surface area contributed by atoms with Gasteiger partial charge in [0.15, 0.2) is 0 Å². The highest BCUT2D eigenvalue weighted by atomic mass is 32.2. The second-order valence-electron chi connectivity index (χ2n) is 10.5. The third-order valence-corrected chi connectivity index (χ3v) is 8.17. The summed E-state index contributed by atoms with van der Waals surface area (Å²) >= 11 is 1.40. The molecule has 1 atom stereocenters. The van der Waals surface area contributed by atoms with E-state index in [2.05, 4.69) is 20.9 Å². The predicted molar refractivity (Wildman–Crippen MR) is 186 cm³/mol. The van der Waals surface area contributed by atoms with Gasteiger partial charge in [-0.3, -0.25) is 19.4 Å². The molecule has 4 aromatic carbocycles. The van der Waals surface area contributed by atoms with Crippen LogP contribution in [0, 0.1) is 0 Å². The number of carbonyl (C=O) groups is 3. The van der Waals surface area contributed by atoms with Crippen LogP contribution in [-0.4, -0.2) is 36.8 Å². The van der Waals surface area contributed by atoms with Crippen molar-refractivity contribution in [1.29, 1.82) is 0 Å². The van der Waals surface area contributed by atoms with Crippen LogP contribution in [0.4, 0.5) is 17.1 Å². The first kappa shape index (κ1) is 31.7. The van der Waals surface area contributed by atoms with Gasteiger partial charge in [0.05, 0.1) is 0 Å². The number of amides is 3. The zero-order valence-electron chi connectivity index (χ0n) is 25.4. The monoisotopic (exact) mass is 627 g/mol. The van der Waals surface area contributed by atoms with Crippen molar-refractivity contribution in [1.82, 2.24) is 10.3 Å². The molecule has 0 radical (unpaired) electrons. The number of hydrogen-bond donors (Lipinski definition) is 3. The van der Waals surface area contributed by atoms with Gasteiger partial charge in [0, 0.05) is 54.0 Å². The van der Waals surface area contributed by atoms with Crippen molar-refractivity contribution in [2.45, 2.75) is 10.1 Å². The Bertz CT molecular complexity index is 1800. The molecule has 9 heteroatoms. The van der Waals surface area contributed by atoms with Crippen LogP contribution in [-0.2, 0) is 9.59 Å². The Morgan fingerprint density at radius 1 is 0.717 bits per heavy atom. The van der Waals surface area contributed by atoms with Gasteiger partial charge in [-0.1, -0.05) is 60.7 Å². The van der Waals surface area contributed by atoms with E-state index in [1.165, 1.54) is 11.8 Å². The van der Waals surface area contributed by atoms with Gasteiger partial charge in [-0.05, 0) is 77.9 Å². The maximum absolute atomic E-state index is 13.5. The SMILES string of the molecule is CN(C)c1ccc(/C=C(\NC(=O)c2ccccc2)C(=O)Nc2ccc(SC(C(=O)Nc3ccncc3)c3ccccc3)cc2)cc1. The fraction of sp³-hybridized carbons (Fsp3) is 0.0811. The van der Waals surface area contributed by atoms with Crippen LogP contribution in [0.1, 0.15) is 26.7 Å². The molecule has 0 aliphatic rings. The third kappa shape index (κ3) is 8.71. The van der Waals surface area contributed by atoms with Gasteiger partial charge in [0.25, 0.3) is 11.8 Å². The zero-order valence-corrected chi connectivity index (χ0v) is 26.2. The molecule has 0 saturated heterocycles. The van der Waals surface area contributed by atoms with Gasteiger partial charge in [-0.15, -0.1) is 11.8 Å². The van der Waals surface area contributed by atoms with Crippen molar-refractivity contribution in [3.8, 4) is 0 Å². The molecule has 0 bridgehead atoms.